The van der Waals surface area contributed by atoms with Gasteiger partial charge >= 0.3 is 0 Å². The Labute approximate surface area is 156 Å². The summed E-state index contributed by atoms with van der Waals surface area (Å²) in [5, 5.41) is 7.31. The normalized spacial score (nSPS) is 15.0. The first-order valence-electron chi connectivity index (χ1n) is 8.53. The van der Waals surface area contributed by atoms with Crippen molar-refractivity contribution in [1.82, 2.24) is 28.8 Å². The summed E-state index contributed by atoms with van der Waals surface area (Å²) in [6.45, 7) is 0.938. The summed E-state index contributed by atoms with van der Waals surface area (Å²) in [5.41, 5.74) is 3.57. The maximum absolute atomic E-state index is 12.5. The molecule has 0 aliphatic carbocycles. The second-order valence-electron chi connectivity index (χ2n) is 6.62. The highest BCUT2D eigenvalue weighted by Gasteiger charge is 2.28. The van der Waals surface area contributed by atoms with E-state index in [0.29, 0.717) is 30.0 Å². The zero-order valence-corrected chi connectivity index (χ0v) is 15.9. The fourth-order valence-electron chi connectivity index (χ4n) is 3.37. The number of rotatable bonds is 4. The Balaban J connectivity index is 1.53. The highest BCUT2D eigenvalue weighted by molar-refractivity contribution is 7.88. The molecule has 9 nitrogen and oxygen atoms in total. The van der Waals surface area contributed by atoms with Crippen molar-refractivity contribution in [1.29, 1.82) is 0 Å². The molecule has 1 amide bonds. The maximum atomic E-state index is 12.5. The van der Waals surface area contributed by atoms with Crippen LogP contribution in [0.1, 0.15) is 27.4 Å². The fourth-order valence-corrected chi connectivity index (χ4v) is 4.16. The summed E-state index contributed by atoms with van der Waals surface area (Å²) in [5.74, 6) is -0.297. The molecule has 10 heteroatoms. The maximum Gasteiger partial charge on any atom is 0.271 e. The van der Waals surface area contributed by atoms with Crippen LogP contribution in [-0.4, -0.2) is 50.6 Å². The van der Waals surface area contributed by atoms with Gasteiger partial charge in [-0.1, -0.05) is 6.07 Å². The quantitative estimate of drug-likeness (QED) is 0.693. The number of hydrogen-bond acceptors (Lipinski definition) is 5. The Bertz CT molecular complexity index is 1100. The number of sulfonamides is 1. The fraction of sp³-hybridized carbons (Fsp3) is 0.353. The van der Waals surface area contributed by atoms with Crippen molar-refractivity contribution in [2.24, 2.45) is 7.05 Å². The van der Waals surface area contributed by atoms with E-state index in [2.05, 4.69) is 15.4 Å². The largest absolute Gasteiger partial charge is 0.345 e. The SMILES string of the molecule is Cn1nc(CNC(=O)c2cn3ccccc3n2)c2c1CCN(S(C)(=O)=O)C2. The number of carbonyl (C=O) groups is 1. The van der Waals surface area contributed by atoms with Crippen molar-refractivity contribution in [3.05, 3.63) is 53.2 Å². The van der Waals surface area contributed by atoms with Crippen LogP contribution in [0.15, 0.2) is 30.6 Å². The van der Waals surface area contributed by atoms with Crippen molar-refractivity contribution in [3.8, 4) is 0 Å². The molecule has 0 saturated heterocycles. The van der Waals surface area contributed by atoms with Gasteiger partial charge in [0.25, 0.3) is 5.91 Å². The van der Waals surface area contributed by atoms with Crippen molar-refractivity contribution >= 4 is 21.6 Å². The third-order valence-electron chi connectivity index (χ3n) is 4.77. The van der Waals surface area contributed by atoms with E-state index in [1.807, 2.05) is 31.4 Å². The number of nitrogens with one attached hydrogen (secondary N) is 1. The van der Waals surface area contributed by atoms with Gasteiger partial charge in [-0.15, -0.1) is 0 Å². The standard InChI is InChI=1S/C17H20N6O3S/c1-21-15-6-8-23(27(2,25)26)10-12(15)13(20-21)9-18-17(24)14-11-22-7-4-3-5-16(22)19-14/h3-5,7,11H,6,8-10H2,1-2H3,(H,18,24). The summed E-state index contributed by atoms with van der Waals surface area (Å²) in [6.07, 6.45) is 5.31. The van der Waals surface area contributed by atoms with Crippen molar-refractivity contribution in [3.63, 3.8) is 0 Å². The molecule has 4 heterocycles. The minimum absolute atomic E-state index is 0.216. The number of nitrogens with zero attached hydrogens (tertiary/aromatic N) is 5. The van der Waals surface area contributed by atoms with Crippen LogP contribution in [0.25, 0.3) is 5.65 Å². The van der Waals surface area contributed by atoms with Gasteiger partial charge < -0.3 is 9.72 Å². The molecule has 1 N–H and O–H groups in total. The molecule has 0 unspecified atom stereocenters. The number of aromatic nitrogens is 4. The topological polar surface area (TPSA) is 102 Å². The molecule has 0 atom stereocenters. The molecule has 0 spiro atoms. The second-order valence-corrected chi connectivity index (χ2v) is 8.60. The van der Waals surface area contributed by atoms with Gasteiger partial charge in [0.2, 0.25) is 10.0 Å². The Morgan fingerprint density at radius 1 is 1.33 bits per heavy atom. The van der Waals surface area contributed by atoms with E-state index in [-0.39, 0.29) is 19.0 Å². The molecule has 27 heavy (non-hydrogen) atoms. The predicted molar refractivity (Wildman–Crippen MR) is 98.5 cm³/mol. The first-order chi connectivity index (χ1) is 12.8. The molecule has 0 saturated carbocycles. The van der Waals surface area contributed by atoms with Crippen LogP contribution in [0, 0.1) is 0 Å². The number of fused-ring (bicyclic) bond motifs is 2. The highest BCUT2D eigenvalue weighted by atomic mass is 32.2. The van der Waals surface area contributed by atoms with Gasteiger partial charge in [0.1, 0.15) is 11.3 Å². The van der Waals surface area contributed by atoms with Crippen molar-refractivity contribution in [2.75, 3.05) is 12.8 Å². The molecule has 0 fully saturated rings. The summed E-state index contributed by atoms with van der Waals surface area (Å²) >= 11 is 0. The number of imidazole rings is 1. The van der Waals surface area contributed by atoms with Crippen LogP contribution in [0.5, 0.6) is 0 Å². The first-order valence-corrected chi connectivity index (χ1v) is 10.4. The number of pyridine rings is 1. The summed E-state index contributed by atoms with van der Waals surface area (Å²) in [7, 11) is -1.43. The molecule has 0 bridgehead atoms. The molecular formula is C17H20N6O3S. The minimum atomic E-state index is -3.27. The van der Waals surface area contributed by atoms with Gasteiger partial charge in [-0.2, -0.15) is 9.40 Å². The van der Waals surface area contributed by atoms with Crippen LogP contribution in [-0.2, 0) is 36.6 Å². The van der Waals surface area contributed by atoms with Gasteiger partial charge in [0, 0.05) is 50.2 Å². The average Bonchev–Trinajstić information content (AvgIpc) is 3.20. The minimum Gasteiger partial charge on any atom is -0.345 e. The lowest BCUT2D eigenvalue weighted by molar-refractivity contribution is 0.0946. The van der Waals surface area contributed by atoms with Crippen LogP contribution in [0.4, 0.5) is 0 Å². The lowest BCUT2D eigenvalue weighted by Crippen LogP contribution is -2.36. The lowest BCUT2D eigenvalue weighted by Gasteiger charge is -2.25. The molecule has 1 aliphatic heterocycles. The Hall–Kier alpha value is -2.72. The zero-order chi connectivity index (χ0) is 19.2. The Morgan fingerprint density at radius 2 is 2.15 bits per heavy atom. The molecule has 0 aromatic carbocycles. The van der Waals surface area contributed by atoms with Gasteiger partial charge in [-0.3, -0.25) is 9.48 Å². The zero-order valence-electron chi connectivity index (χ0n) is 15.1. The molecule has 3 aromatic rings. The van der Waals surface area contributed by atoms with E-state index in [0.717, 1.165) is 11.3 Å². The molecule has 0 radical (unpaired) electrons. The van der Waals surface area contributed by atoms with Crippen LogP contribution in [0.3, 0.4) is 0 Å². The van der Waals surface area contributed by atoms with Crippen LogP contribution >= 0.6 is 0 Å². The van der Waals surface area contributed by atoms with E-state index in [1.54, 1.807) is 15.3 Å². The monoisotopic (exact) mass is 388 g/mol. The Morgan fingerprint density at radius 3 is 2.89 bits per heavy atom. The number of aryl methyl sites for hydroxylation is 1. The number of amides is 1. The van der Waals surface area contributed by atoms with E-state index < -0.39 is 10.0 Å². The first kappa shape index (κ1) is 17.7. The summed E-state index contributed by atoms with van der Waals surface area (Å²) < 4.78 is 28.7. The van der Waals surface area contributed by atoms with Gasteiger partial charge in [0.05, 0.1) is 18.5 Å². The third-order valence-corrected chi connectivity index (χ3v) is 6.02. The Kier molecular flexibility index (Phi) is 4.23. The van der Waals surface area contributed by atoms with Gasteiger partial charge in [-0.05, 0) is 12.1 Å². The average molecular weight is 388 g/mol. The molecule has 4 rings (SSSR count). The summed E-state index contributed by atoms with van der Waals surface area (Å²) in [4.78, 5) is 16.8. The number of hydrogen-bond donors (Lipinski definition) is 1. The lowest BCUT2D eigenvalue weighted by atomic mass is 10.1. The second kappa shape index (κ2) is 6.46. The van der Waals surface area contributed by atoms with E-state index in [9.17, 15) is 13.2 Å². The van der Waals surface area contributed by atoms with Crippen LogP contribution in [0.2, 0.25) is 0 Å². The van der Waals surface area contributed by atoms with E-state index in [1.165, 1.54) is 10.6 Å². The van der Waals surface area contributed by atoms with E-state index in [4.69, 9.17) is 0 Å². The molecular weight excluding hydrogens is 368 g/mol. The van der Waals surface area contributed by atoms with Gasteiger partial charge in [0.15, 0.2) is 0 Å². The van der Waals surface area contributed by atoms with Crippen molar-refractivity contribution in [2.45, 2.75) is 19.5 Å². The molecule has 3 aromatic heterocycles. The third kappa shape index (κ3) is 3.33. The molecule has 142 valence electrons. The highest BCUT2D eigenvalue weighted by Crippen LogP contribution is 2.23. The van der Waals surface area contributed by atoms with Crippen LogP contribution < -0.4 is 5.32 Å². The number of carbonyl (C=O) groups excluding carboxylic acids is 1. The predicted octanol–water partition coefficient (Wildman–Crippen LogP) is 0.315. The summed E-state index contributed by atoms with van der Waals surface area (Å²) in [6, 6.07) is 5.55. The van der Waals surface area contributed by atoms with E-state index >= 15 is 0 Å². The smallest absolute Gasteiger partial charge is 0.271 e. The van der Waals surface area contributed by atoms with Gasteiger partial charge in [-0.25, -0.2) is 13.4 Å². The molecule has 1 aliphatic rings. The van der Waals surface area contributed by atoms with Crippen molar-refractivity contribution < 1.29 is 13.2 Å².